The summed E-state index contributed by atoms with van der Waals surface area (Å²) in [5.74, 6) is 2.40. The molecule has 122 valence electrons. The Bertz CT molecular complexity index is 706. The number of carbonyl (C=O) groups excluding carboxylic acids is 1. The van der Waals surface area contributed by atoms with Crippen molar-refractivity contribution in [2.45, 2.75) is 5.82 Å². The molecule has 2 aromatic carbocycles. The van der Waals surface area contributed by atoms with Gasteiger partial charge in [-0.1, -0.05) is 0 Å². The van der Waals surface area contributed by atoms with Gasteiger partial charge >= 0.3 is 140 Å². The third kappa shape index (κ3) is 3.49. The minimum atomic E-state index is -0.571. The van der Waals surface area contributed by atoms with Crippen LogP contribution in [-0.2, 0) is 0 Å². The van der Waals surface area contributed by atoms with Crippen molar-refractivity contribution in [3.05, 3.63) is 47.3 Å². The third-order valence-electron chi connectivity index (χ3n) is 3.34. The number of rotatable bonds is 6. The molecule has 2 rings (SSSR count). The van der Waals surface area contributed by atoms with Gasteiger partial charge in [-0.05, 0) is 0 Å². The van der Waals surface area contributed by atoms with Crippen molar-refractivity contribution in [2.75, 3.05) is 21.3 Å². The van der Waals surface area contributed by atoms with Crippen LogP contribution in [0.4, 0.5) is 4.39 Å². The molecule has 0 heterocycles. The molecule has 0 fully saturated rings. The standard InChI is InChI=1S/C17H17FO4Se/c1-20-13-6-5-10(7-12(13)18)16(19)11-8-14(21-2)17(22-3)15(9-11)23-4/h5-9H,1-4H3. The molecule has 0 spiro atoms. The number of ether oxygens (including phenoxy) is 3. The van der Waals surface area contributed by atoms with E-state index in [1.54, 1.807) is 19.2 Å². The fraction of sp³-hybridized carbons (Fsp3) is 0.235. The Morgan fingerprint density at radius 3 is 2.17 bits per heavy atom. The Morgan fingerprint density at radius 1 is 0.957 bits per heavy atom. The SMILES string of the molecule is COc1ccc(C(=O)c2cc(OC)c(OC)c([Se]C)c2)cc1F. The average molecular weight is 383 g/mol. The zero-order valence-electron chi connectivity index (χ0n) is 13.3. The molecule has 0 atom stereocenters. The monoisotopic (exact) mass is 384 g/mol. The van der Waals surface area contributed by atoms with Gasteiger partial charge in [-0.15, -0.1) is 0 Å². The normalized spacial score (nSPS) is 10.3. The van der Waals surface area contributed by atoms with Crippen LogP contribution >= 0.6 is 0 Å². The van der Waals surface area contributed by atoms with Crippen LogP contribution in [0.15, 0.2) is 30.3 Å². The molecular formula is C17H17FO4Se. The van der Waals surface area contributed by atoms with E-state index in [0.29, 0.717) is 17.1 Å². The predicted octanol–water partition coefficient (Wildman–Crippen LogP) is 2.46. The van der Waals surface area contributed by atoms with Gasteiger partial charge < -0.3 is 0 Å². The first-order chi connectivity index (χ1) is 11.0. The van der Waals surface area contributed by atoms with E-state index in [0.717, 1.165) is 4.46 Å². The Kier molecular flexibility index (Phi) is 5.64. The molecule has 0 aliphatic heterocycles. The summed E-state index contributed by atoms with van der Waals surface area (Å²) in [5, 5.41) is 0. The number of halogens is 1. The second-order valence-electron chi connectivity index (χ2n) is 4.59. The number of benzene rings is 2. The van der Waals surface area contributed by atoms with E-state index in [-0.39, 0.29) is 32.1 Å². The van der Waals surface area contributed by atoms with Crippen molar-refractivity contribution in [1.29, 1.82) is 0 Å². The van der Waals surface area contributed by atoms with Crippen LogP contribution < -0.4 is 18.7 Å². The molecule has 23 heavy (non-hydrogen) atoms. The van der Waals surface area contributed by atoms with Gasteiger partial charge in [0.05, 0.1) is 0 Å². The number of carbonyl (C=O) groups is 1. The first-order valence-electron chi connectivity index (χ1n) is 6.74. The zero-order chi connectivity index (χ0) is 17.0. The second-order valence-corrected chi connectivity index (χ2v) is 6.37. The van der Waals surface area contributed by atoms with Crippen LogP contribution in [0.2, 0.25) is 5.82 Å². The maximum atomic E-state index is 13.8. The van der Waals surface area contributed by atoms with E-state index >= 15 is 0 Å². The molecule has 0 aliphatic rings. The average Bonchev–Trinajstić information content (AvgIpc) is 2.59. The molecule has 0 aliphatic carbocycles. The van der Waals surface area contributed by atoms with Crippen molar-refractivity contribution in [3.63, 3.8) is 0 Å². The zero-order valence-corrected chi connectivity index (χ0v) is 15.0. The number of methoxy groups -OCH3 is 3. The van der Waals surface area contributed by atoms with Crippen molar-refractivity contribution in [1.82, 2.24) is 0 Å². The van der Waals surface area contributed by atoms with Crippen molar-refractivity contribution < 1.29 is 23.4 Å². The van der Waals surface area contributed by atoms with Crippen LogP contribution in [0.1, 0.15) is 15.9 Å². The van der Waals surface area contributed by atoms with Crippen LogP contribution in [-0.4, -0.2) is 42.1 Å². The number of hydrogen-bond donors (Lipinski definition) is 0. The summed E-state index contributed by atoms with van der Waals surface area (Å²) in [5.41, 5.74) is 0.691. The summed E-state index contributed by atoms with van der Waals surface area (Å²) in [6, 6.07) is 7.53. The van der Waals surface area contributed by atoms with Gasteiger partial charge in [-0.3, -0.25) is 0 Å². The molecule has 0 bridgehead atoms. The summed E-state index contributed by atoms with van der Waals surface area (Å²) in [6.07, 6.45) is 0. The molecule has 2 aromatic rings. The topological polar surface area (TPSA) is 44.8 Å². The molecule has 6 heteroatoms. The summed E-state index contributed by atoms with van der Waals surface area (Å²) >= 11 is 0.111. The predicted molar refractivity (Wildman–Crippen MR) is 87.2 cm³/mol. The molecule has 0 amide bonds. The van der Waals surface area contributed by atoms with Crippen molar-refractivity contribution >= 4 is 25.2 Å². The Morgan fingerprint density at radius 2 is 1.65 bits per heavy atom. The van der Waals surface area contributed by atoms with Crippen molar-refractivity contribution in [3.8, 4) is 17.2 Å². The van der Waals surface area contributed by atoms with Crippen LogP contribution in [0.25, 0.3) is 0 Å². The molecule has 0 unspecified atom stereocenters. The Labute approximate surface area is 140 Å². The van der Waals surface area contributed by atoms with E-state index in [9.17, 15) is 9.18 Å². The molecule has 0 aromatic heterocycles. The van der Waals surface area contributed by atoms with Gasteiger partial charge in [0.2, 0.25) is 0 Å². The summed E-state index contributed by atoms with van der Waals surface area (Å²) in [4.78, 5) is 12.6. The van der Waals surface area contributed by atoms with Gasteiger partial charge in [0, 0.05) is 0 Å². The Balaban J connectivity index is 2.49. The summed E-state index contributed by atoms with van der Waals surface area (Å²) < 4.78 is 30.3. The van der Waals surface area contributed by atoms with Gasteiger partial charge in [-0.25, -0.2) is 0 Å². The fourth-order valence-electron chi connectivity index (χ4n) is 2.19. The van der Waals surface area contributed by atoms with Gasteiger partial charge in [0.25, 0.3) is 0 Å². The molecule has 0 radical (unpaired) electrons. The van der Waals surface area contributed by atoms with E-state index in [1.165, 1.54) is 32.4 Å². The molecule has 0 saturated heterocycles. The second kappa shape index (κ2) is 7.49. The van der Waals surface area contributed by atoms with Crippen LogP contribution in [0.3, 0.4) is 0 Å². The van der Waals surface area contributed by atoms with E-state index < -0.39 is 5.82 Å². The first-order valence-corrected chi connectivity index (χ1v) is 9.30. The fourth-order valence-corrected chi connectivity index (χ4v) is 3.47. The molecular weight excluding hydrogens is 366 g/mol. The number of hydrogen-bond acceptors (Lipinski definition) is 4. The first kappa shape index (κ1) is 17.3. The molecule has 0 N–H and O–H groups in total. The van der Waals surface area contributed by atoms with E-state index in [1.807, 2.05) is 5.82 Å². The van der Waals surface area contributed by atoms with E-state index in [2.05, 4.69) is 0 Å². The molecule has 4 nitrogen and oxygen atoms in total. The van der Waals surface area contributed by atoms with Gasteiger partial charge in [0.1, 0.15) is 0 Å². The van der Waals surface area contributed by atoms with Crippen molar-refractivity contribution in [2.24, 2.45) is 0 Å². The van der Waals surface area contributed by atoms with Gasteiger partial charge in [-0.2, -0.15) is 0 Å². The summed E-state index contributed by atoms with van der Waals surface area (Å²) in [6.45, 7) is 0. The number of ketones is 1. The quantitative estimate of drug-likeness (QED) is 0.568. The maximum absolute atomic E-state index is 13.8. The molecule has 0 saturated carbocycles. The minimum absolute atomic E-state index is 0.103. The van der Waals surface area contributed by atoms with E-state index in [4.69, 9.17) is 14.2 Å². The van der Waals surface area contributed by atoms with Crippen LogP contribution in [0.5, 0.6) is 17.2 Å². The summed E-state index contributed by atoms with van der Waals surface area (Å²) in [7, 11) is 4.46. The van der Waals surface area contributed by atoms with Gasteiger partial charge in [0.15, 0.2) is 0 Å². The third-order valence-corrected chi connectivity index (χ3v) is 4.90. The Hall–Kier alpha value is -2.04. The van der Waals surface area contributed by atoms with Crippen LogP contribution in [0, 0.1) is 5.82 Å².